The summed E-state index contributed by atoms with van der Waals surface area (Å²) in [4.78, 5) is 19.7. The van der Waals surface area contributed by atoms with Gasteiger partial charge in [-0.3, -0.25) is 9.78 Å². The number of carbonyl (C=O) groups excluding carboxylic acids is 1. The number of carbonyl (C=O) groups is 1. The monoisotopic (exact) mass is 574 g/mol. The molecule has 1 aromatic heterocycles. The van der Waals surface area contributed by atoms with E-state index in [9.17, 15) is 0 Å². The average Bonchev–Trinajstić information content (AvgIpc) is 3.04. The van der Waals surface area contributed by atoms with Crippen LogP contribution in [0.2, 0.25) is 0 Å². The zero-order chi connectivity index (χ0) is 30.6. The SMILES string of the molecule is Cc1ccc(C(c2ccc(C)cc2)C(C(=O)Nc2cccc3cccnc23)C(c2ccc(C)cc2)c2ccc(C)cc2)cc1. The third-order valence-electron chi connectivity index (χ3n) is 8.66. The zero-order valence-corrected chi connectivity index (χ0v) is 25.8. The highest BCUT2D eigenvalue weighted by atomic mass is 16.1. The van der Waals surface area contributed by atoms with E-state index in [0.29, 0.717) is 0 Å². The van der Waals surface area contributed by atoms with E-state index in [4.69, 9.17) is 0 Å². The smallest absolute Gasteiger partial charge is 0.229 e. The molecule has 6 aromatic rings. The third kappa shape index (κ3) is 6.18. The Morgan fingerprint density at radius 1 is 0.523 bits per heavy atom. The maximum absolute atomic E-state index is 15.1. The lowest BCUT2D eigenvalue weighted by molar-refractivity contribution is -0.120. The Morgan fingerprint density at radius 3 is 1.32 bits per heavy atom. The minimum absolute atomic E-state index is 0.0412. The van der Waals surface area contributed by atoms with Gasteiger partial charge in [0.05, 0.1) is 17.1 Å². The molecule has 44 heavy (non-hydrogen) atoms. The number of anilines is 1. The van der Waals surface area contributed by atoms with Crippen LogP contribution in [0.25, 0.3) is 10.9 Å². The lowest BCUT2D eigenvalue weighted by Gasteiger charge is -2.35. The predicted molar refractivity (Wildman–Crippen MR) is 182 cm³/mol. The van der Waals surface area contributed by atoms with Gasteiger partial charge in [0.15, 0.2) is 0 Å². The number of fused-ring (bicyclic) bond motifs is 1. The molecule has 0 saturated heterocycles. The maximum Gasteiger partial charge on any atom is 0.229 e. The van der Waals surface area contributed by atoms with Crippen molar-refractivity contribution < 1.29 is 4.79 Å². The van der Waals surface area contributed by atoms with Gasteiger partial charge < -0.3 is 5.32 Å². The summed E-state index contributed by atoms with van der Waals surface area (Å²) < 4.78 is 0. The molecule has 1 N–H and O–H groups in total. The molecule has 0 radical (unpaired) electrons. The first-order valence-corrected chi connectivity index (χ1v) is 15.3. The van der Waals surface area contributed by atoms with Gasteiger partial charge in [0.2, 0.25) is 5.91 Å². The van der Waals surface area contributed by atoms with Crippen molar-refractivity contribution in [3.05, 3.63) is 178 Å². The molecule has 6 rings (SSSR count). The van der Waals surface area contributed by atoms with E-state index in [0.717, 1.165) is 38.8 Å². The highest BCUT2D eigenvalue weighted by Crippen LogP contribution is 2.45. The number of nitrogens with one attached hydrogen (secondary N) is 1. The van der Waals surface area contributed by atoms with Crippen molar-refractivity contribution in [1.29, 1.82) is 0 Å². The van der Waals surface area contributed by atoms with Gasteiger partial charge in [0.1, 0.15) is 0 Å². The van der Waals surface area contributed by atoms with Crippen LogP contribution >= 0.6 is 0 Å². The van der Waals surface area contributed by atoms with Crippen LogP contribution in [-0.4, -0.2) is 10.9 Å². The van der Waals surface area contributed by atoms with Crippen LogP contribution in [0.3, 0.4) is 0 Å². The van der Waals surface area contributed by atoms with Crippen LogP contribution in [0.15, 0.2) is 134 Å². The third-order valence-corrected chi connectivity index (χ3v) is 8.66. The highest BCUT2D eigenvalue weighted by molar-refractivity contribution is 6.02. The quantitative estimate of drug-likeness (QED) is 0.197. The van der Waals surface area contributed by atoms with Gasteiger partial charge >= 0.3 is 0 Å². The summed E-state index contributed by atoms with van der Waals surface area (Å²) in [5.41, 5.74) is 10.7. The number of benzene rings is 5. The van der Waals surface area contributed by atoms with Crippen molar-refractivity contribution in [3.63, 3.8) is 0 Å². The zero-order valence-electron chi connectivity index (χ0n) is 25.8. The molecule has 0 spiro atoms. The minimum Gasteiger partial charge on any atom is -0.324 e. The minimum atomic E-state index is -0.482. The van der Waals surface area contributed by atoms with Crippen molar-refractivity contribution in [2.24, 2.45) is 5.92 Å². The van der Waals surface area contributed by atoms with Crippen molar-refractivity contribution in [2.45, 2.75) is 39.5 Å². The summed E-state index contributed by atoms with van der Waals surface area (Å²) >= 11 is 0. The number of rotatable bonds is 8. The van der Waals surface area contributed by atoms with Gasteiger partial charge in [0.25, 0.3) is 0 Å². The lowest BCUT2D eigenvalue weighted by atomic mass is 9.69. The topological polar surface area (TPSA) is 42.0 Å². The van der Waals surface area contributed by atoms with Gasteiger partial charge in [-0.1, -0.05) is 138 Å². The van der Waals surface area contributed by atoms with E-state index < -0.39 is 5.92 Å². The molecule has 1 heterocycles. The molecular formula is C41H38N2O. The summed E-state index contributed by atoms with van der Waals surface area (Å²) in [5.74, 6) is -0.955. The van der Waals surface area contributed by atoms with Crippen molar-refractivity contribution in [3.8, 4) is 0 Å². The van der Waals surface area contributed by atoms with Crippen LogP contribution in [0.5, 0.6) is 0 Å². The molecule has 0 saturated carbocycles. The van der Waals surface area contributed by atoms with Crippen molar-refractivity contribution in [2.75, 3.05) is 5.32 Å². The Hall–Kier alpha value is -5.02. The van der Waals surface area contributed by atoms with Crippen molar-refractivity contribution in [1.82, 2.24) is 4.98 Å². The largest absolute Gasteiger partial charge is 0.324 e. The Labute approximate surface area is 260 Å². The summed E-state index contributed by atoms with van der Waals surface area (Å²) in [6, 6.07) is 44.5. The van der Waals surface area contributed by atoms with Gasteiger partial charge in [-0.05, 0) is 62.1 Å². The Balaban J connectivity index is 1.59. The molecule has 5 aromatic carbocycles. The molecule has 0 unspecified atom stereocenters. The first-order valence-electron chi connectivity index (χ1n) is 15.3. The van der Waals surface area contributed by atoms with E-state index in [1.54, 1.807) is 6.20 Å². The number of hydrogen-bond donors (Lipinski definition) is 1. The fourth-order valence-electron chi connectivity index (χ4n) is 6.23. The van der Waals surface area contributed by atoms with Crippen molar-refractivity contribution >= 4 is 22.5 Å². The number of para-hydroxylation sites is 1. The number of pyridine rings is 1. The molecule has 0 atom stereocenters. The second-order valence-electron chi connectivity index (χ2n) is 12.0. The second-order valence-corrected chi connectivity index (χ2v) is 12.0. The van der Waals surface area contributed by atoms with Crippen LogP contribution in [-0.2, 0) is 4.79 Å². The average molecular weight is 575 g/mol. The standard InChI is InChI=1S/C41H38N2O/c1-27-10-18-31(19-11-27)37(32-20-12-28(2)13-21-32)39(41(44)43-36-9-5-7-35-8-6-26-42-40(35)36)38(33-22-14-29(3)15-23-33)34-24-16-30(4)17-25-34/h5-26,37-39H,1-4H3,(H,43,44). The Bertz CT molecular complexity index is 1680. The van der Waals surface area contributed by atoms with E-state index in [1.807, 2.05) is 30.3 Å². The number of amides is 1. The highest BCUT2D eigenvalue weighted by Gasteiger charge is 2.39. The van der Waals surface area contributed by atoms with Crippen LogP contribution in [0.4, 0.5) is 5.69 Å². The number of hydrogen-bond acceptors (Lipinski definition) is 2. The molecule has 0 fully saturated rings. The Kier molecular flexibility index (Phi) is 8.38. The molecule has 0 aliphatic rings. The van der Waals surface area contributed by atoms with Gasteiger partial charge in [-0.15, -0.1) is 0 Å². The molecule has 0 bridgehead atoms. The summed E-state index contributed by atoms with van der Waals surface area (Å²) in [6.45, 7) is 8.40. The molecule has 3 nitrogen and oxygen atoms in total. The first kappa shape index (κ1) is 29.1. The normalized spacial score (nSPS) is 11.4. The number of aryl methyl sites for hydroxylation is 4. The van der Waals surface area contributed by atoms with Gasteiger partial charge in [-0.25, -0.2) is 0 Å². The number of nitrogens with zero attached hydrogens (tertiary/aromatic N) is 1. The molecule has 218 valence electrons. The van der Waals surface area contributed by atoms with Gasteiger partial charge in [0, 0.05) is 23.4 Å². The molecule has 0 aliphatic carbocycles. The second kappa shape index (κ2) is 12.7. The Morgan fingerprint density at radius 2 is 0.909 bits per heavy atom. The summed E-state index contributed by atoms with van der Waals surface area (Å²) in [5, 5.41) is 4.36. The first-order chi connectivity index (χ1) is 21.4. The maximum atomic E-state index is 15.1. The molecule has 0 aliphatic heterocycles. The molecular weight excluding hydrogens is 536 g/mol. The fourth-order valence-corrected chi connectivity index (χ4v) is 6.23. The van der Waals surface area contributed by atoms with E-state index in [2.05, 4.69) is 135 Å². The summed E-state index contributed by atoms with van der Waals surface area (Å²) in [6.07, 6.45) is 1.78. The van der Waals surface area contributed by atoms with Crippen LogP contribution < -0.4 is 5.32 Å². The van der Waals surface area contributed by atoms with E-state index in [-0.39, 0.29) is 17.7 Å². The summed E-state index contributed by atoms with van der Waals surface area (Å²) in [7, 11) is 0. The molecule has 1 amide bonds. The van der Waals surface area contributed by atoms with E-state index in [1.165, 1.54) is 22.3 Å². The van der Waals surface area contributed by atoms with Crippen LogP contribution in [0.1, 0.15) is 56.3 Å². The van der Waals surface area contributed by atoms with Crippen LogP contribution in [0, 0.1) is 33.6 Å². The van der Waals surface area contributed by atoms with Gasteiger partial charge in [-0.2, -0.15) is 0 Å². The number of aromatic nitrogens is 1. The lowest BCUT2D eigenvalue weighted by Crippen LogP contribution is -2.34. The predicted octanol–water partition coefficient (Wildman–Crippen LogP) is 9.69. The van der Waals surface area contributed by atoms with E-state index >= 15 is 4.79 Å². The fraction of sp³-hybridized carbons (Fsp3) is 0.171. The molecule has 3 heteroatoms.